The van der Waals surface area contributed by atoms with Crippen molar-refractivity contribution in [3.05, 3.63) is 47.0 Å². The summed E-state index contributed by atoms with van der Waals surface area (Å²) < 4.78 is 5.53. The topological polar surface area (TPSA) is 29.5 Å². The van der Waals surface area contributed by atoms with Crippen molar-refractivity contribution in [2.75, 3.05) is 7.11 Å². The second-order valence-corrected chi connectivity index (χ2v) is 6.70. The Hall–Kier alpha value is -1.56. The van der Waals surface area contributed by atoms with Crippen LogP contribution in [0.5, 0.6) is 0 Å². The molecule has 0 spiro atoms. The standard InChI is InChI=1S/C23H34O2/c1-6-8-9-13-20(25-5)14-10-11-15-22(24)23-19(4)17-16-18(3)21(23)12-7-2/h7,16-17,20,22,24H,2,6,8-10,12-14H2,1,3-5H3/t20-,22?/m0/s1. The predicted molar refractivity (Wildman–Crippen MR) is 107 cm³/mol. The highest BCUT2D eigenvalue weighted by Crippen LogP contribution is 2.26. The Morgan fingerprint density at radius 3 is 2.56 bits per heavy atom. The molecule has 0 aliphatic heterocycles. The molecule has 0 aliphatic rings. The van der Waals surface area contributed by atoms with Gasteiger partial charge in [0.05, 0.1) is 6.10 Å². The summed E-state index contributed by atoms with van der Waals surface area (Å²) in [5.41, 5.74) is 4.35. The summed E-state index contributed by atoms with van der Waals surface area (Å²) in [6.07, 6.45) is 8.62. The van der Waals surface area contributed by atoms with Crippen LogP contribution in [0.25, 0.3) is 0 Å². The number of aliphatic hydroxyl groups excluding tert-OH is 1. The third-order valence-electron chi connectivity index (χ3n) is 4.72. The van der Waals surface area contributed by atoms with E-state index in [9.17, 15) is 5.11 Å². The second kappa shape index (κ2) is 11.9. The molecular weight excluding hydrogens is 308 g/mol. The highest BCUT2D eigenvalue weighted by Gasteiger charge is 2.14. The second-order valence-electron chi connectivity index (χ2n) is 6.70. The van der Waals surface area contributed by atoms with Gasteiger partial charge in [0.25, 0.3) is 0 Å². The molecule has 1 aromatic rings. The van der Waals surface area contributed by atoms with Gasteiger partial charge in [-0.15, -0.1) is 12.5 Å². The van der Waals surface area contributed by atoms with E-state index in [1.807, 2.05) is 13.0 Å². The van der Waals surface area contributed by atoms with Crippen molar-refractivity contribution in [1.82, 2.24) is 0 Å². The molecule has 1 N–H and O–H groups in total. The first-order chi connectivity index (χ1) is 12.0. The first-order valence-corrected chi connectivity index (χ1v) is 9.44. The van der Waals surface area contributed by atoms with Crippen LogP contribution in [0.2, 0.25) is 0 Å². The molecule has 0 saturated carbocycles. The minimum Gasteiger partial charge on any atom is -0.381 e. The Morgan fingerprint density at radius 1 is 1.20 bits per heavy atom. The average molecular weight is 343 g/mol. The van der Waals surface area contributed by atoms with Gasteiger partial charge in [-0.2, -0.15) is 0 Å². The molecule has 138 valence electrons. The molecular formula is C23H34O2. The lowest BCUT2D eigenvalue weighted by atomic mass is 9.91. The number of hydrogen-bond donors (Lipinski definition) is 1. The van der Waals surface area contributed by atoms with Crippen LogP contribution in [0, 0.1) is 25.7 Å². The van der Waals surface area contributed by atoms with Crippen molar-refractivity contribution in [3.63, 3.8) is 0 Å². The normalized spacial score (nSPS) is 13.0. The molecule has 0 bridgehead atoms. The molecule has 0 fully saturated rings. The lowest BCUT2D eigenvalue weighted by Crippen LogP contribution is -2.10. The first kappa shape index (κ1) is 21.5. The number of aliphatic hydroxyl groups is 1. The fraction of sp³-hybridized carbons (Fsp3) is 0.565. The zero-order valence-electron chi connectivity index (χ0n) is 16.4. The van der Waals surface area contributed by atoms with Crippen LogP contribution in [0.15, 0.2) is 24.8 Å². The average Bonchev–Trinajstić information content (AvgIpc) is 2.60. The summed E-state index contributed by atoms with van der Waals surface area (Å²) in [5, 5.41) is 10.6. The molecule has 1 aromatic carbocycles. The fourth-order valence-corrected chi connectivity index (χ4v) is 3.16. The highest BCUT2D eigenvalue weighted by molar-refractivity contribution is 5.44. The third kappa shape index (κ3) is 7.06. The molecule has 0 heterocycles. The van der Waals surface area contributed by atoms with Gasteiger partial charge >= 0.3 is 0 Å². The fourth-order valence-electron chi connectivity index (χ4n) is 3.16. The van der Waals surface area contributed by atoms with Crippen LogP contribution in [-0.2, 0) is 11.2 Å². The lowest BCUT2D eigenvalue weighted by Gasteiger charge is -2.16. The molecule has 1 rings (SSSR count). The maximum Gasteiger partial charge on any atom is 0.140 e. The molecule has 2 heteroatoms. The van der Waals surface area contributed by atoms with Gasteiger partial charge in [-0.05, 0) is 55.4 Å². The molecule has 2 nitrogen and oxygen atoms in total. The minimum absolute atomic E-state index is 0.273. The number of allylic oxidation sites excluding steroid dienone is 1. The smallest absolute Gasteiger partial charge is 0.140 e. The van der Waals surface area contributed by atoms with Crippen molar-refractivity contribution in [1.29, 1.82) is 0 Å². The van der Waals surface area contributed by atoms with Gasteiger partial charge in [-0.25, -0.2) is 0 Å². The molecule has 25 heavy (non-hydrogen) atoms. The predicted octanol–water partition coefficient (Wildman–Crippen LogP) is 5.44. The Morgan fingerprint density at radius 2 is 1.92 bits per heavy atom. The van der Waals surface area contributed by atoms with Crippen molar-refractivity contribution in [2.45, 2.75) is 77.9 Å². The quantitative estimate of drug-likeness (QED) is 0.348. The van der Waals surface area contributed by atoms with Crippen molar-refractivity contribution >= 4 is 0 Å². The lowest BCUT2D eigenvalue weighted by molar-refractivity contribution is 0.0869. The van der Waals surface area contributed by atoms with Crippen LogP contribution in [0.1, 0.15) is 73.8 Å². The van der Waals surface area contributed by atoms with E-state index in [2.05, 4.69) is 44.4 Å². The Labute approximate surface area is 154 Å². The molecule has 0 aromatic heterocycles. The van der Waals surface area contributed by atoms with Crippen LogP contribution < -0.4 is 0 Å². The van der Waals surface area contributed by atoms with Gasteiger partial charge in [-0.1, -0.05) is 50.3 Å². The largest absolute Gasteiger partial charge is 0.381 e. The summed E-state index contributed by atoms with van der Waals surface area (Å²) in [6, 6.07) is 4.15. The van der Waals surface area contributed by atoms with Crippen molar-refractivity contribution in [3.8, 4) is 11.8 Å². The number of unbranched alkanes of at least 4 members (excludes halogenated alkanes) is 2. The number of benzene rings is 1. The van der Waals surface area contributed by atoms with Crippen molar-refractivity contribution in [2.24, 2.45) is 0 Å². The Kier molecular flexibility index (Phi) is 10.2. The molecule has 0 radical (unpaired) electrons. The highest BCUT2D eigenvalue weighted by atomic mass is 16.5. The van der Waals surface area contributed by atoms with E-state index in [0.717, 1.165) is 42.4 Å². The zero-order chi connectivity index (χ0) is 18.7. The number of ether oxygens (including phenoxy) is 1. The molecule has 2 atom stereocenters. The molecule has 0 aliphatic carbocycles. The monoisotopic (exact) mass is 342 g/mol. The van der Waals surface area contributed by atoms with Gasteiger partial charge < -0.3 is 9.84 Å². The first-order valence-electron chi connectivity index (χ1n) is 9.44. The van der Waals surface area contributed by atoms with Gasteiger partial charge in [0.15, 0.2) is 0 Å². The number of hydrogen-bond acceptors (Lipinski definition) is 2. The zero-order valence-corrected chi connectivity index (χ0v) is 16.4. The van der Waals surface area contributed by atoms with E-state index in [-0.39, 0.29) is 6.10 Å². The maximum absolute atomic E-state index is 10.6. The Bertz CT molecular complexity index is 592. The number of rotatable bonds is 10. The number of aryl methyl sites for hydroxylation is 2. The molecule has 1 unspecified atom stereocenters. The third-order valence-corrected chi connectivity index (χ3v) is 4.72. The van der Waals surface area contributed by atoms with Crippen LogP contribution >= 0.6 is 0 Å². The summed E-state index contributed by atoms with van der Waals surface area (Å²) in [4.78, 5) is 0. The van der Waals surface area contributed by atoms with E-state index in [1.165, 1.54) is 24.8 Å². The van der Waals surface area contributed by atoms with E-state index in [0.29, 0.717) is 0 Å². The summed E-state index contributed by atoms with van der Waals surface area (Å²) in [7, 11) is 1.77. The van der Waals surface area contributed by atoms with Gasteiger partial charge in [0.2, 0.25) is 0 Å². The van der Waals surface area contributed by atoms with Gasteiger partial charge in [0, 0.05) is 13.5 Å². The SMILES string of the molecule is C=CCc1c(C)ccc(C)c1C(O)C#CCC[C@H](CCCCC)OC. The van der Waals surface area contributed by atoms with Crippen LogP contribution in [0.3, 0.4) is 0 Å². The molecule has 0 saturated heterocycles. The van der Waals surface area contributed by atoms with E-state index in [4.69, 9.17) is 4.74 Å². The Balaban J connectivity index is 2.71. The summed E-state index contributed by atoms with van der Waals surface area (Å²) in [5.74, 6) is 6.18. The molecule has 0 amide bonds. The van der Waals surface area contributed by atoms with E-state index < -0.39 is 6.10 Å². The summed E-state index contributed by atoms with van der Waals surface area (Å²) >= 11 is 0. The van der Waals surface area contributed by atoms with Gasteiger partial charge in [-0.3, -0.25) is 0 Å². The van der Waals surface area contributed by atoms with E-state index >= 15 is 0 Å². The van der Waals surface area contributed by atoms with Crippen LogP contribution in [0.4, 0.5) is 0 Å². The summed E-state index contributed by atoms with van der Waals surface area (Å²) in [6.45, 7) is 10.1. The number of methoxy groups -OCH3 is 1. The van der Waals surface area contributed by atoms with Gasteiger partial charge in [0.1, 0.15) is 6.10 Å². The maximum atomic E-state index is 10.6. The minimum atomic E-state index is -0.740. The van der Waals surface area contributed by atoms with Crippen LogP contribution in [-0.4, -0.2) is 18.3 Å². The van der Waals surface area contributed by atoms with E-state index in [1.54, 1.807) is 7.11 Å². The van der Waals surface area contributed by atoms with Crippen molar-refractivity contribution < 1.29 is 9.84 Å².